The smallest absolute Gasteiger partial charge is 0.255 e. The Morgan fingerprint density at radius 1 is 1.73 bits per heavy atom. The molecule has 4 nitrogen and oxygen atoms in total. The zero-order valence-electron chi connectivity index (χ0n) is 8.50. The van der Waals surface area contributed by atoms with Crippen molar-refractivity contribution in [3.05, 3.63) is 22.6 Å². The number of hydrogen-bond acceptors (Lipinski definition) is 3. The summed E-state index contributed by atoms with van der Waals surface area (Å²) in [4.78, 5) is 11.5. The highest BCUT2D eigenvalue weighted by molar-refractivity contribution is 9.10. The van der Waals surface area contributed by atoms with Gasteiger partial charge in [-0.25, -0.2) is 0 Å². The van der Waals surface area contributed by atoms with Gasteiger partial charge in [-0.1, -0.05) is 0 Å². The van der Waals surface area contributed by atoms with Crippen molar-refractivity contribution in [3.8, 4) is 0 Å². The lowest BCUT2D eigenvalue weighted by Crippen LogP contribution is -2.24. The zero-order chi connectivity index (χ0) is 11.3. The number of nitrogens with one attached hydrogen (secondary N) is 1. The molecule has 5 heteroatoms. The van der Waals surface area contributed by atoms with Crippen LogP contribution >= 0.6 is 15.9 Å². The highest BCUT2D eigenvalue weighted by Crippen LogP contribution is 2.16. The molecule has 0 saturated heterocycles. The van der Waals surface area contributed by atoms with E-state index in [1.807, 2.05) is 0 Å². The molecule has 0 saturated carbocycles. The maximum atomic E-state index is 11.5. The molecule has 1 amide bonds. The number of carbonyl (C=O) groups is 1. The van der Waals surface area contributed by atoms with E-state index in [9.17, 15) is 4.79 Å². The Bertz CT molecular complexity index is 322. The van der Waals surface area contributed by atoms with E-state index in [4.69, 9.17) is 9.52 Å². The van der Waals surface area contributed by atoms with Crippen molar-refractivity contribution in [2.75, 3.05) is 6.54 Å². The molecule has 0 spiro atoms. The predicted octanol–water partition coefficient (Wildman–Crippen LogP) is 1.93. The van der Waals surface area contributed by atoms with Gasteiger partial charge in [-0.05, 0) is 41.8 Å². The summed E-state index contributed by atoms with van der Waals surface area (Å²) in [5, 5.41) is 11.8. The van der Waals surface area contributed by atoms with Gasteiger partial charge in [0.1, 0.15) is 0 Å². The maximum absolute atomic E-state index is 11.5. The molecule has 15 heavy (non-hydrogen) atoms. The van der Waals surface area contributed by atoms with E-state index in [1.54, 1.807) is 13.0 Å². The number of rotatable bonds is 5. The molecule has 0 aliphatic carbocycles. The summed E-state index contributed by atoms with van der Waals surface area (Å²) in [5.74, 6) is -0.166. The van der Waals surface area contributed by atoms with Crippen LogP contribution in [0.15, 0.2) is 21.4 Å². The Labute approximate surface area is 96.8 Å². The number of halogens is 1. The predicted molar refractivity (Wildman–Crippen MR) is 59.7 cm³/mol. The minimum Gasteiger partial charge on any atom is -0.457 e. The molecule has 84 valence electrons. The molecule has 1 atom stereocenters. The summed E-state index contributed by atoms with van der Waals surface area (Å²) in [6.45, 7) is 2.29. The first-order valence-electron chi connectivity index (χ1n) is 4.80. The SMILES string of the molecule is CC(O)CCCNC(=O)c1ccoc1Br. The number of furan rings is 1. The molecule has 1 aromatic heterocycles. The van der Waals surface area contributed by atoms with Gasteiger partial charge in [0.25, 0.3) is 5.91 Å². The summed E-state index contributed by atoms with van der Waals surface area (Å²) in [7, 11) is 0. The van der Waals surface area contributed by atoms with Crippen LogP contribution in [0.1, 0.15) is 30.1 Å². The van der Waals surface area contributed by atoms with Gasteiger partial charge < -0.3 is 14.8 Å². The van der Waals surface area contributed by atoms with Gasteiger partial charge in [-0.2, -0.15) is 0 Å². The first-order valence-corrected chi connectivity index (χ1v) is 5.60. The van der Waals surface area contributed by atoms with Crippen LogP contribution in [-0.2, 0) is 0 Å². The summed E-state index contributed by atoms with van der Waals surface area (Å²) in [6, 6.07) is 1.61. The first-order chi connectivity index (χ1) is 7.11. The van der Waals surface area contributed by atoms with Crippen LogP contribution in [0.3, 0.4) is 0 Å². The van der Waals surface area contributed by atoms with Crippen LogP contribution in [0.4, 0.5) is 0 Å². The quantitative estimate of drug-likeness (QED) is 0.808. The molecule has 2 N–H and O–H groups in total. The second-order valence-corrected chi connectivity index (χ2v) is 4.08. The Balaban J connectivity index is 2.28. The third-order valence-electron chi connectivity index (χ3n) is 1.95. The third-order valence-corrected chi connectivity index (χ3v) is 2.56. The Morgan fingerprint density at radius 3 is 3.00 bits per heavy atom. The van der Waals surface area contributed by atoms with Gasteiger partial charge >= 0.3 is 0 Å². The molecular formula is C10H14BrNO3. The van der Waals surface area contributed by atoms with E-state index in [0.29, 0.717) is 23.2 Å². The Morgan fingerprint density at radius 2 is 2.47 bits per heavy atom. The number of carbonyl (C=O) groups excluding carboxylic acids is 1. The molecule has 1 unspecified atom stereocenters. The largest absolute Gasteiger partial charge is 0.457 e. The fourth-order valence-electron chi connectivity index (χ4n) is 1.15. The van der Waals surface area contributed by atoms with Crippen molar-refractivity contribution < 1.29 is 14.3 Å². The van der Waals surface area contributed by atoms with Crippen molar-refractivity contribution in [1.29, 1.82) is 0 Å². The van der Waals surface area contributed by atoms with E-state index in [-0.39, 0.29) is 12.0 Å². The summed E-state index contributed by atoms with van der Waals surface area (Å²) in [5.41, 5.74) is 0.493. The zero-order valence-corrected chi connectivity index (χ0v) is 10.1. The molecule has 1 heterocycles. The number of aliphatic hydroxyl groups excluding tert-OH is 1. The lowest BCUT2D eigenvalue weighted by molar-refractivity contribution is 0.0948. The van der Waals surface area contributed by atoms with E-state index >= 15 is 0 Å². The molecule has 0 radical (unpaired) electrons. The lowest BCUT2D eigenvalue weighted by Gasteiger charge is -2.05. The Hall–Kier alpha value is -0.810. The molecule has 0 aromatic carbocycles. The van der Waals surface area contributed by atoms with Crippen LogP contribution < -0.4 is 5.32 Å². The van der Waals surface area contributed by atoms with E-state index < -0.39 is 0 Å². The molecule has 1 aromatic rings. The minimum atomic E-state index is -0.317. The minimum absolute atomic E-state index is 0.166. The lowest BCUT2D eigenvalue weighted by atomic mass is 10.2. The number of hydrogen-bond donors (Lipinski definition) is 2. The second kappa shape index (κ2) is 5.92. The van der Waals surface area contributed by atoms with Gasteiger partial charge in [-0.3, -0.25) is 4.79 Å². The van der Waals surface area contributed by atoms with E-state index in [1.165, 1.54) is 6.26 Å². The van der Waals surface area contributed by atoms with Crippen molar-refractivity contribution in [2.45, 2.75) is 25.9 Å². The average molecular weight is 276 g/mol. The molecular weight excluding hydrogens is 262 g/mol. The highest BCUT2D eigenvalue weighted by atomic mass is 79.9. The van der Waals surface area contributed by atoms with Crippen LogP contribution in [0.2, 0.25) is 0 Å². The van der Waals surface area contributed by atoms with Gasteiger partial charge in [0.2, 0.25) is 0 Å². The van der Waals surface area contributed by atoms with Crippen LogP contribution in [0, 0.1) is 0 Å². The second-order valence-electron chi connectivity index (χ2n) is 3.36. The van der Waals surface area contributed by atoms with Gasteiger partial charge in [0.05, 0.1) is 17.9 Å². The van der Waals surface area contributed by atoms with Crippen molar-refractivity contribution >= 4 is 21.8 Å². The van der Waals surface area contributed by atoms with Gasteiger partial charge in [0, 0.05) is 6.54 Å². The first kappa shape index (κ1) is 12.3. The molecule has 0 aliphatic heterocycles. The summed E-state index contributed by atoms with van der Waals surface area (Å²) in [6.07, 6.45) is 2.59. The normalized spacial score (nSPS) is 12.5. The third kappa shape index (κ3) is 4.05. The van der Waals surface area contributed by atoms with E-state index in [2.05, 4.69) is 21.2 Å². The standard InChI is InChI=1S/C10H14BrNO3/c1-7(13)3-2-5-12-10(14)8-4-6-15-9(8)11/h4,6-7,13H,2-3,5H2,1H3,(H,12,14). The number of aliphatic hydroxyl groups is 1. The van der Waals surface area contributed by atoms with Gasteiger partial charge in [0.15, 0.2) is 4.67 Å². The van der Waals surface area contributed by atoms with Crippen LogP contribution in [-0.4, -0.2) is 23.7 Å². The van der Waals surface area contributed by atoms with Crippen molar-refractivity contribution in [1.82, 2.24) is 5.32 Å². The topological polar surface area (TPSA) is 62.5 Å². The van der Waals surface area contributed by atoms with Crippen LogP contribution in [0.25, 0.3) is 0 Å². The fourth-order valence-corrected chi connectivity index (χ4v) is 1.57. The molecule has 0 aliphatic rings. The summed E-state index contributed by atoms with van der Waals surface area (Å²) >= 11 is 3.13. The van der Waals surface area contributed by atoms with Crippen molar-refractivity contribution in [3.63, 3.8) is 0 Å². The van der Waals surface area contributed by atoms with E-state index in [0.717, 1.165) is 6.42 Å². The molecule has 1 rings (SSSR count). The van der Waals surface area contributed by atoms with Crippen LogP contribution in [0.5, 0.6) is 0 Å². The maximum Gasteiger partial charge on any atom is 0.255 e. The molecule has 0 bridgehead atoms. The Kier molecular flexibility index (Phi) is 4.84. The van der Waals surface area contributed by atoms with Crippen molar-refractivity contribution in [2.24, 2.45) is 0 Å². The molecule has 0 fully saturated rings. The highest BCUT2D eigenvalue weighted by Gasteiger charge is 2.11. The number of amides is 1. The summed E-state index contributed by atoms with van der Waals surface area (Å²) < 4.78 is 5.39. The average Bonchev–Trinajstić information content (AvgIpc) is 2.58. The van der Waals surface area contributed by atoms with Gasteiger partial charge in [-0.15, -0.1) is 0 Å². The monoisotopic (exact) mass is 275 g/mol. The fraction of sp³-hybridized carbons (Fsp3) is 0.500.